The highest BCUT2D eigenvalue weighted by atomic mass is 16.6. The van der Waals surface area contributed by atoms with Gasteiger partial charge in [0.25, 0.3) is 0 Å². The lowest BCUT2D eigenvalue weighted by Gasteiger charge is -2.41. The van der Waals surface area contributed by atoms with E-state index < -0.39 is 11.2 Å². The summed E-state index contributed by atoms with van der Waals surface area (Å²) in [6.07, 6.45) is 2.17. The summed E-state index contributed by atoms with van der Waals surface area (Å²) in [6, 6.07) is 0. The second-order valence-corrected chi connectivity index (χ2v) is 6.20. The van der Waals surface area contributed by atoms with Gasteiger partial charge in [0.2, 0.25) is 0 Å². The van der Waals surface area contributed by atoms with Crippen LogP contribution in [0.2, 0.25) is 0 Å². The van der Waals surface area contributed by atoms with E-state index in [1.165, 1.54) is 0 Å². The van der Waals surface area contributed by atoms with Crippen molar-refractivity contribution in [2.45, 2.75) is 58.2 Å². The summed E-state index contributed by atoms with van der Waals surface area (Å²) in [5.74, 6) is 0. The summed E-state index contributed by atoms with van der Waals surface area (Å²) in [6.45, 7) is 9.17. The van der Waals surface area contributed by atoms with Gasteiger partial charge in [0.1, 0.15) is 11.2 Å². The van der Waals surface area contributed by atoms with Gasteiger partial charge in [0.05, 0.1) is 13.2 Å². The monoisotopic (exact) mass is 273 g/mol. The summed E-state index contributed by atoms with van der Waals surface area (Å²) < 4.78 is 11.1. The number of ether oxygens (including phenoxy) is 2. The average Bonchev–Trinajstić information content (AvgIpc) is 2.34. The minimum atomic E-state index is -0.620. The van der Waals surface area contributed by atoms with Crippen LogP contribution in [-0.2, 0) is 9.47 Å². The van der Waals surface area contributed by atoms with Gasteiger partial charge in [-0.2, -0.15) is 0 Å². The highest BCUT2D eigenvalue weighted by Crippen LogP contribution is 2.26. The lowest BCUT2D eigenvalue weighted by atomic mass is 9.93. The first kappa shape index (κ1) is 16.2. The Morgan fingerprint density at radius 2 is 2.11 bits per heavy atom. The van der Waals surface area contributed by atoms with Crippen molar-refractivity contribution < 1.29 is 19.4 Å². The minimum absolute atomic E-state index is 0.0632. The van der Waals surface area contributed by atoms with Gasteiger partial charge < -0.3 is 19.5 Å². The molecule has 1 amide bonds. The number of hydrogen-bond acceptors (Lipinski definition) is 4. The van der Waals surface area contributed by atoms with Crippen LogP contribution in [0.5, 0.6) is 0 Å². The summed E-state index contributed by atoms with van der Waals surface area (Å²) in [5.41, 5.74) is -1.12. The molecular formula is C14H27NO4. The number of nitrogens with zero attached hydrogens (tertiary/aromatic N) is 1. The second-order valence-electron chi connectivity index (χ2n) is 6.20. The Morgan fingerprint density at radius 3 is 2.63 bits per heavy atom. The van der Waals surface area contributed by atoms with Gasteiger partial charge in [-0.25, -0.2) is 4.79 Å². The first-order valence-electron chi connectivity index (χ1n) is 7.05. The van der Waals surface area contributed by atoms with E-state index in [-0.39, 0.29) is 12.7 Å². The number of aliphatic hydroxyl groups is 1. The van der Waals surface area contributed by atoms with Crippen LogP contribution in [-0.4, -0.2) is 53.6 Å². The maximum atomic E-state index is 12.1. The SMILES string of the molecule is CCCOC1(CO)CCCN(C(=O)OC(C)(C)C)C1. The normalized spacial score (nSPS) is 24.4. The first-order valence-corrected chi connectivity index (χ1v) is 7.05. The molecule has 0 saturated carbocycles. The zero-order chi connectivity index (χ0) is 14.5. The van der Waals surface area contributed by atoms with Crippen molar-refractivity contribution >= 4 is 6.09 Å². The third kappa shape index (κ3) is 4.99. The van der Waals surface area contributed by atoms with Gasteiger partial charge in [-0.3, -0.25) is 0 Å². The zero-order valence-corrected chi connectivity index (χ0v) is 12.6. The summed E-state index contributed by atoms with van der Waals surface area (Å²) >= 11 is 0. The topological polar surface area (TPSA) is 59.0 Å². The molecule has 1 heterocycles. The molecule has 1 saturated heterocycles. The molecule has 1 atom stereocenters. The molecule has 0 bridgehead atoms. The molecule has 5 heteroatoms. The van der Waals surface area contributed by atoms with Crippen LogP contribution in [0.4, 0.5) is 4.79 Å². The van der Waals surface area contributed by atoms with Crippen molar-refractivity contribution in [3.05, 3.63) is 0 Å². The summed E-state index contributed by atoms with van der Waals surface area (Å²) in [5, 5.41) is 9.60. The predicted molar refractivity (Wildman–Crippen MR) is 73.1 cm³/mol. The van der Waals surface area contributed by atoms with Crippen LogP contribution in [0.1, 0.15) is 47.0 Å². The van der Waals surface area contributed by atoms with Gasteiger partial charge in [-0.05, 0) is 40.0 Å². The molecular weight excluding hydrogens is 246 g/mol. The van der Waals surface area contributed by atoms with Crippen molar-refractivity contribution in [1.29, 1.82) is 0 Å². The third-order valence-electron chi connectivity index (χ3n) is 3.09. The van der Waals surface area contributed by atoms with E-state index in [1.807, 2.05) is 27.7 Å². The molecule has 0 spiro atoms. The standard InChI is InChI=1S/C14H27NO4/c1-5-9-18-14(11-16)7-6-8-15(10-14)12(17)19-13(2,3)4/h16H,5-11H2,1-4H3. The molecule has 112 valence electrons. The quantitative estimate of drug-likeness (QED) is 0.853. The van der Waals surface area contributed by atoms with Gasteiger partial charge in [0.15, 0.2) is 0 Å². The Balaban J connectivity index is 2.64. The van der Waals surface area contributed by atoms with Crippen molar-refractivity contribution in [3.63, 3.8) is 0 Å². The fourth-order valence-corrected chi connectivity index (χ4v) is 2.19. The van der Waals surface area contributed by atoms with E-state index >= 15 is 0 Å². The van der Waals surface area contributed by atoms with E-state index in [2.05, 4.69) is 0 Å². The summed E-state index contributed by atoms with van der Waals surface area (Å²) in [7, 11) is 0. The Morgan fingerprint density at radius 1 is 1.42 bits per heavy atom. The molecule has 5 nitrogen and oxygen atoms in total. The number of rotatable bonds is 4. The fourth-order valence-electron chi connectivity index (χ4n) is 2.19. The van der Waals surface area contributed by atoms with Gasteiger partial charge in [-0.1, -0.05) is 6.92 Å². The molecule has 1 aliphatic rings. The molecule has 0 aromatic rings. The molecule has 0 aliphatic carbocycles. The zero-order valence-electron chi connectivity index (χ0n) is 12.6. The van der Waals surface area contributed by atoms with Gasteiger partial charge in [0, 0.05) is 13.2 Å². The Bertz CT molecular complexity index is 300. The van der Waals surface area contributed by atoms with E-state index in [1.54, 1.807) is 4.90 Å². The van der Waals surface area contributed by atoms with Crippen LogP contribution in [0.3, 0.4) is 0 Å². The predicted octanol–water partition coefficient (Wildman–Crippen LogP) is 2.17. The summed E-state index contributed by atoms with van der Waals surface area (Å²) in [4.78, 5) is 13.7. The number of carbonyl (C=O) groups excluding carboxylic acids is 1. The van der Waals surface area contributed by atoms with Crippen LogP contribution < -0.4 is 0 Å². The molecule has 0 aromatic carbocycles. The highest BCUT2D eigenvalue weighted by Gasteiger charge is 2.38. The van der Waals surface area contributed by atoms with Crippen molar-refractivity contribution in [1.82, 2.24) is 4.90 Å². The number of hydrogen-bond donors (Lipinski definition) is 1. The maximum Gasteiger partial charge on any atom is 0.410 e. The molecule has 0 radical (unpaired) electrons. The fraction of sp³-hybridized carbons (Fsp3) is 0.929. The van der Waals surface area contributed by atoms with Crippen molar-refractivity contribution in [3.8, 4) is 0 Å². The second kappa shape index (κ2) is 6.57. The number of amides is 1. The number of aliphatic hydroxyl groups excluding tert-OH is 1. The van der Waals surface area contributed by atoms with E-state index in [0.717, 1.165) is 19.3 Å². The van der Waals surface area contributed by atoms with Crippen molar-refractivity contribution in [2.24, 2.45) is 0 Å². The molecule has 0 aromatic heterocycles. The van der Waals surface area contributed by atoms with E-state index in [0.29, 0.717) is 19.7 Å². The van der Waals surface area contributed by atoms with E-state index in [9.17, 15) is 9.90 Å². The molecule has 1 fully saturated rings. The lowest BCUT2D eigenvalue weighted by molar-refractivity contribution is -0.116. The molecule has 1 rings (SSSR count). The van der Waals surface area contributed by atoms with Crippen LogP contribution >= 0.6 is 0 Å². The smallest absolute Gasteiger partial charge is 0.410 e. The maximum absolute atomic E-state index is 12.1. The third-order valence-corrected chi connectivity index (χ3v) is 3.09. The van der Waals surface area contributed by atoms with Gasteiger partial charge in [-0.15, -0.1) is 0 Å². The van der Waals surface area contributed by atoms with Crippen molar-refractivity contribution in [2.75, 3.05) is 26.3 Å². The van der Waals surface area contributed by atoms with Crippen LogP contribution in [0.25, 0.3) is 0 Å². The number of likely N-dealkylation sites (tertiary alicyclic amines) is 1. The number of carbonyl (C=O) groups is 1. The molecule has 1 unspecified atom stereocenters. The van der Waals surface area contributed by atoms with Crippen LogP contribution in [0, 0.1) is 0 Å². The molecule has 1 aliphatic heterocycles. The van der Waals surface area contributed by atoms with Gasteiger partial charge >= 0.3 is 6.09 Å². The number of piperidine rings is 1. The van der Waals surface area contributed by atoms with E-state index in [4.69, 9.17) is 9.47 Å². The Hall–Kier alpha value is -0.810. The van der Waals surface area contributed by atoms with Crippen LogP contribution in [0.15, 0.2) is 0 Å². The molecule has 19 heavy (non-hydrogen) atoms. The Labute approximate surface area is 115 Å². The first-order chi connectivity index (χ1) is 8.82. The largest absolute Gasteiger partial charge is 0.444 e. The highest BCUT2D eigenvalue weighted by molar-refractivity contribution is 5.68. The minimum Gasteiger partial charge on any atom is -0.444 e. The molecule has 1 N–H and O–H groups in total. The Kier molecular flexibility index (Phi) is 5.62. The lowest BCUT2D eigenvalue weighted by Crippen LogP contribution is -2.54. The average molecular weight is 273 g/mol.